The lowest BCUT2D eigenvalue weighted by Crippen LogP contribution is -2.19. The molecule has 0 radical (unpaired) electrons. The minimum absolute atomic E-state index is 0.588. The van der Waals surface area contributed by atoms with Gasteiger partial charge in [-0.05, 0) is 26.2 Å². The van der Waals surface area contributed by atoms with E-state index in [9.17, 15) is 0 Å². The fourth-order valence-corrected chi connectivity index (χ4v) is 1.64. The summed E-state index contributed by atoms with van der Waals surface area (Å²) in [5.74, 6) is 1.26. The van der Waals surface area contributed by atoms with Crippen LogP contribution in [-0.2, 0) is 0 Å². The van der Waals surface area contributed by atoms with Crippen molar-refractivity contribution in [2.75, 3.05) is 0 Å². The van der Waals surface area contributed by atoms with E-state index < -0.39 is 0 Å². The van der Waals surface area contributed by atoms with Gasteiger partial charge in [0.25, 0.3) is 0 Å². The lowest BCUT2D eigenvalue weighted by molar-refractivity contribution is 0.396. The summed E-state index contributed by atoms with van der Waals surface area (Å²) in [5.41, 5.74) is 8.48. The summed E-state index contributed by atoms with van der Waals surface area (Å²) in [5, 5.41) is 0. The maximum atomic E-state index is 6.08. The molecule has 1 atom stereocenters. The minimum atomic E-state index is 0.588. The molecule has 0 spiro atoms. The Morgan fingerprint density at radius 1 is 1.23 bits per heavy atom. The highest BCUT2D eigenvalue weighted by Crippen LogP contribution is 2.24. The highest BCUT2D eigenvalue weighted by molar-refractivity contribution is 5.10. The summed E-state index contributed by atoms with van der Waals surface area (Å²) < 4.78 is 0. The zero-order chi connectivity index (χ0) is 10.4. The second-order valence-corrected chi connectivity index (χ2v) is 4.45. The average Bonchev–Trinajstić information content (AvgIpc) is 2.04. The van der Waals surface area contributed by atoms with Gasteiger partial charge >= 0.3 is 0 Å². The first kappa shape index (κ1) is 12.5. The van der Waals surface area contributed by atoms with E-state index in [-0.39, 0.29) is 0 Å². The van der Waals surface area contributed by atoms with Crippen molar-refractivity contribution in [3.63, 3.8) is 0 Å². The van der Waals surface area contributed by atoms with E-state index in [1.165, 1.54) is 24.8 Å². The zero-order valence-electron chi connectivity index (χ0n) is 9.85. The molecule has 0 aromatic carbocycles. The predicted octanol–water partition coefficient (Wildman–Crippen LogP) is 3.70. The Morgan fingerprint density at radius 3 is 2.08 bits per heavy atom. The van der Waals surface area contributed by atoms with Gasteiger partial charge in [0.2, 0.25) is 0 Å². The molecule has 0 fully saturated rings. The lowest BCUT2D eigenvalue weighted by atomic mass is 9.86. The topological polar surface area (TPSA) is 26.0 Å². The van der Waals surface area contributed by atoms with Crippen LogP contribution in [0.5, 0.6) is 0 Å². The smallest absolute Gasteiger partial charge is 0.0101 e. The first-order valence-corrected chi connectivity index (χ1v) is 5.43. The third-order valence-electron chi connectivity index (χ3n) is 2.65. The van der Waals surface area contributed by atoms with Crippen LogP contribution in [0.3, 0.4) is 0 Å². The molecule has 0 saturated carbocycles. The van der Waals surface area contributed by atoms with E-state index >= 15 is 0 Å². The van der Waals surface area contributed by atoms with E-state index in [0.29, 0.717) is 11.8 Å². The van der Waals surface area contributed by atoms with Gasteiger partial charge < -0.3 is 5.73 Å². The molecule has 1 nitrogen and oxygen atoms in total. The van der Waals surface area contributed by atoms with Gasteiger partial charge in [0.15, 0.2) is 0 Å². The Bertz CT molecular complexity index is 164. The molecule has 0 amide bonds. The van der Waals surface area contributed by atoms with E-state index in [0.717, 1.165) is 5.70 Å². The Hall–Kier alpha value is -0.460. The molecule has 2 N–H and O–H groups in total. The number of hydrogen-bond donors (Lipinski definition) is 1. The average molecular weight is 183 g/mol. The molecule has 1 heteroatoms. The van der Waals surface area contributed by atoms with Crippen molar-refractivity contribution < 1.29 is 0 Å². The molecule has 0 bridgehead atoms. The molecule has 78 valence electrons. The summed E-state index contributed by atoms with van der Waals surface area (Å²) in [6, 6.07) is 0. The number of rotatable bonds is 5. The van der Waals surface area contributed by atoms with Gasteiger partial charge in [-0.3, -0.25) is 0 Å². The summed E-state index contributed by atoms with van der Waals surface area (Å²) >= 11 is 0. The standard InChI is InChI=1S/C12H25N/c1-6-7-8-11(9(2)3)12(13)10(4)5/h9,11H,6-8,13H2,1-5H3. The van der Waals surface area contributed by atoms with Crippen LogP contribution in [0.4, 0.5) is 0 Å². The fourth-order valence-electron chi connectivity index (χ4n) is 1.64. The van der Waals surface area contributed by atoms with Crippen LogP contribution < -0.4 is 5.73 Å². The van der Waals surface area contributed by atoms with Crippen LogP contribution in [0.25, 0.3) is 0 Å². The van der Waals surface area contributed by atoms with Crippen molar-refractivity contribution in [2.45, 2.75) is 53.9 Å². The summed E-state index contributed by atoms with van der Waals surface area (Å²) in [4.78, 5) is 0. The molecule has 0 aliphatic carbocycles. The monoisotopic (exact) mass is 183 g/mol. The van der Waals surface area contributed by atoms with Crippen molar-refractivity contribution in [1.29, 1.82) is 0 Å². The maximum Gasteiger partial charge on any atom is 0.0101 e. The Labute approximate surface area is 83.4 Å². The van der Waals surface area contributed by atoms with Crippen LogP contribution in [0.2, 0.25) is 0 Å². The number of allylic oxidation sites excluding steroid dienone is 2. The van der Waals surface area contributed by atoms with Crippen LogP contribution in [0, 0.1) is 11.8 Å². The maximum absolute atomic E-state index is 6.08. The zero-order valence-corrected chi connectivity index (χ0v) is 9.85. The van der Waals surface area contributed by atoms with E-state index in [1.807, 2.05) is 0 Å². The quantitative estimate of drug-likeness (QED) is 0.691. The molecular formula is C12H25N. The third kappa shape index (κ3) is 4.35. The minimum Gasteiger partial charge on any atom is -0.402 e. The van der Waals surface area contributed by atoms with Crippen molar-refractivity contribution in [2.24, 2.45) is 17.6 Å². The van der Waals surface area contributed by atoms with E-state index in [1.54, 1.807) is 0 Å². The van der Waals surface area contributed by atoms with E-state index in [4.69, 9.17) is 5.73 Å². The largest absolute Gasteiger partial charge is 0.402 e. The SMILES string of the molecule is CCCCC(C(N)=C(C)C)C(C)C. The van der Waals surface area contributed by atoms with Crippen molar-refractivity contribution in [3.8, 4) is 0 Å². The molecule has 0 heterocycles. The Kier molecular flexibility index (Phi) is 5.85. The lowest BCUT2D eigenvalue weighted by Gasteiger charge is -2.22. The first-order chi connectivity index (χ1) is 6.00. The van der Waals surface area contributed by atoms with Crippen LogP contribution in [-0.4, -0.2) is 0 Å². The second kappa shape index (κ2) is 6.06. The van der Waals surface area contributed by atoms with Gasteiger partial charge in [0, 0.05) is 11.6 Å². The van der Waals surface area contributed by atoms with Crippen LogP contribution in [0.1, 0.15) is 53.9 Å². The molecule has 0 saturated heterocycles. The normalized spacial score (nSPS) is 13.1. The van der Waals surface area contributed by atoms with Gasteiger partial charge in [-0.2, -0.15) is 0 Å². The number of nitrogens with two attached hydrogens (primary N) is 1. The van der Waals surface area contributed by atoms with Gasteiger partial charge in [-0.15, -0.1) is 0 Å². The van der Waals surface area contributed by atoms with Gasteiger partial charge in [0.1, 0.15) is 0 Å². The molecule has 0 rings (SSSR count). The summed E-state index contributed by atoms with van der Waals surface area (Å²) in [7, 11) is 0. The van der Waals surface area contributed by atoms with Crippen LogP contribution >= 0.6 is 0 Å². The molecule has 0 aromatic rings. The molecular weight excluding hydrogens is 158 g/mol. The second-order valence-electron chi connectivity index (χ2n) is 4.45. The molecule has 0 aromatic heterocycles. The van der Waals surface area contributed by atoms with Crippen LogP contribution in [0.15, 0.2) is 11.3 Å². The van der Waals surface area contributed by atoms with Gasteiger partial charge in [0.05, 0.1) is 0 Å². The summed E-state index contributed by atoms with van der Waals surface area (Å²) in [6.45, 7) is 11.0. The van der Waals surface area contributed by atoms with Crippen molar-refractivity contribution in [3.05, 3.63) is 11.3 Å². The number of unbranched alkanes of at least 4 members (excludes halogenated alkanes) is 1. The fraction of sp³-hybridized carbons (Fsp3) is 0.833. The first-order valence-electron chi connectivity index (χ1n) is 5.43. The Morgan fingerprint density at radius 2 is 1.77 bits per heavy atom. The van der Waals surface area contributed by atoms with Gasteiger partial charge in [-0.1, -0.05) is 39.2 Å². The van der Waals surface area contributed by atoms with Crippen molar-refractivity contribution in [1.82, 2.24) is 0 Å². The molecule has 1 unspecified atom stereocenters. The molecule has 0 aliphatic rings. The summed E-state index contributed by atoms with van der Waals surface area (Å²) in [6.07, 6.45) is 3.79. The van der Waals surface area contributed by atoms with Gasteiger partial charge in [-0.25, -0.2) is 0 Å². The highest BCUT2D eigenvalue weighted by Gasteiger charge is 2.15. The van der Waals surface area contributed by atoms with E-state index in [2.05, 4.69) is 34.6 Å². The highest BCUT2D eigenvalue weighted by atomic mass is 14.6. The predicted molar refractivity (Wildman–Crippen MR) is 60.4 cm³/mol. The molecule has 13 heavy (non-hydrogen) atoms. The molecule has 0 aliphatic heterocycles. The third-order valence-corrected chi connectivity index (χ3v) is 2.65. The Balaban J connectivity index is 4.34. The van der Waals surface area contributed by atoms with Crippen molar-refractivity contribution >= 4 is 0 Å². The number of hydrogen-bond acceptors (Lipinski definition) is 1.